The molecule has 1 unspecified atom stereocenters. The van der Waals surface area contributed by atoms with Crippen molar-refractivity contribution >= 4 is 40.4 Å². The van der Waals surface area contributed by atoms with Crippen LogP contribution < -0.4 is 14.9 Å². The van der Waals surface area contributed by atoms with Crippen LogP contribution in [0.3, 0.4) is 0 Å². The van der Waals surface area contributed by atoms with E-state index in [1.54, 1.807) is 19.1 Å². The molecule has 0 fully saturated rings. The molecular formula is C26H19FN2O3S2. The molecule has 8 heteroatoms. The summed E-state index contributed by atoms with van der Waals surface area (Å²) in [7, 11) is 0. The molecule has 170 valence electrons. The van der Waals surface area contributed by atoms with Gasteiger partial charge >= 0.3 is 5.97 Å². The van der Waals surface area contributed by atoms with Crippen LogP contribution in [0.1, 0.15) is 29.0 Å². The topological polar surface area (TPSA) is 60.7 Å². The molecule has 5 rings (SSSR count). The Balaban J connectivity index is 1.84. The Bertz CT molecular complexity index is 1550. The highest BCUT2D eigenvalue weighted by Crippen LogP contribution is 2.35. The van der Waals surface area contributed by atoms with Crippen LogP contribution in [0.4, 0.5) is 4.39 Å². The maximum absolute atomic E-state index is 13.8. The summed E-state index contributed by atoms with van der Waals surface area (Å²) in [5.74, 6) is -0.967. The minimum Gasteiger partial charge on any atom is -0.463 e. The van der Waals surface area contributed by atoms with E-state index in [4.69, 9.17) is 9.73 Å². The number of benzene rings is 2. The normalized spacial score (nSPS) is 15.7. The molecule has 2 aromatic heterocycles. The lowest BCUT2D eigenvalue weighted by molar-refractivity contribution is -0.138. The Kier molecular flexibility index (Phi) is 6.08. The van der Waals surface area contributed by atoms with E-state index in [0.29, 0.717) is 20.6 Å². The van der Waals surface area contributed by atoms with E-state index in [-0.39, 0.29) is 17.7 Å². The molecule has 0 amide bonds. The van der Waals surface area contributed by atoms with Crippen molar-refractivity contribution in [1.82, 2.24) is 4.57 Å². The van der Waals surface area contributed by atoms with Gasteiger partial charge in [0.05, 0.1) is 28.5 Å². The van der Waals surface area contributed by atoms with Crippen molar-refractivity contribution in [2.45, 2.75) is 13.0 Å². The van der Waals surface area contributed by atoms with Crippen molar-refractivity contribution < 1.29 is 13.9 Å². The Morgan fingerprint density at radius 2 is 1.88 bits per heavy atom. The number of hydrogen-bond donors (Lipinski definition) is 0. The molecule has 0 spiro atoms. The van der Waals surface area contributed by atoms with E-state index in [0.717, 1.165) is 10.4 Å². The van der Waals surface area contributed by atoms with Gasteiger partial charge in [0, 0.05) is 10.4 Å². The first-order valence-corrected chi connectivity index (χ1v) is 12.3. The first-order valence-electron chi connectivity index (χ1n) is 10.6. The van der Waals surface area contributed by atoms with Crippen LogP contribution in [0.5, 0.6) is 0 Å². The zero-order chi connectivity index (χ0) is 23.7. The van der Waals surface area contributed by atoms with Gasteiger partial charge in [0.25, 0.3) is 5.56 Å². The predicted molar refractivity (Wildman–Crippen MR) is 132 cm³/mol. The van der Waals surface area contributed by atoms with Crippen molar-refractivity contribution in [2.24, 2.45) is 4.99 Å². The van der Waals surface area contributed by atoms with Gasteiger partial charge in [-0.25, -0.2) is 14.2 Å². The number of halogens is 1. The maximum atomic E-state index is 13.8. The summed E-state index contributed by atoms with van der Waals surface area (Å²) in [6, 6.07) is 18.2. The molecular weight excluding hydrogens is 471 g/mol. The quantitative estimate of drug-likeness (QED) is 0.395. The van der Waals surface area contributed by atoms with Gasteiger partial charge in [-0.1, -0.05) is 59.9 Å². The predicted octanol–water partition coefficient (Wildman–Crippen LogP) is 4.14. The monoisotopic (exact) mass is 490 g/mol. The fraction of sp³-hybridized carbons (Fsp3) is 0.115. The Labute approximate surface area is 202 Å². The van der Waals surface area contributed by atoms with Crippen LogP contribution in [0.2, 0.25) is 0 Å². The first kappa shape index (κ1) is 22.2. The standard InChI is InChI=1S/C26H19FN2O3S2/c1-2-32-25(31)21-22(16-7-4-3-5-8-16)28-26-29(23(21)17-10-12-18(27)13-11-17)24(30)20(34-26)15-19-9-6-14-33-19/h3-15,23H,2H2,1H3/b20-15-. The summed E-state index contributed by atoms with van der Waals surface area (Å²) in [5, 5.41) is 1.94. The molecule has 1 aliphatic heterocycles. The van der Waals surface area contributed by atoms with E-state index < -0.39 is 17.8 Å². The fourth-order valence-electron chi connectivity index (χ4n) is 3.90. The molecule has 0 aliphatic carbocycles. The number of nitrogens with zero attached hydrogens (tertiary/aromatic N) is 2. The van der Waals surface area contributed by atoms with Crippen molar-refractivity contribution in [3.05, 3.63) is 119 Å². The highest BCUT2D eigenvalue weighted by atomic mass is 32.1. The number of fused-ring (bicyclic) bond motifs is 1. The molecule has 0 saturated heterocycles. The number of ether oxygens (including phenoxy) is 1. The van der Waals surface area contributed by atoms with Gasteiger partial charge in [0.1, 0.15) is 5.82 Å². The number of thiophene rings is 1. The van der Waals surface area contributed by atoms with Gasteiger partial charge in [0.2, 0.25) is 0 Å². The number of esters is 1. The molecule has 1 aliphatic rings. The summed E-state index contributed by atoms with van der Waals surface area (Å²) in [6.07, 6.45) is 1.83. The molecule has 1 atom stereocenters. The van der Waals surface area contributed by atoms with E-state index in [9.17, 15) is 14.0 Å². The maximum Gasteiger partial charge on any atom is 0.338 e. The molecule has 0 N–H and O–H groups in total. The summed E-state index contributed by atoms with van der Waals surface area (Å²) in [5.41, 5.74) is 1.75. The Morgan fingerprint density at radius 3 is 2.56 bits per heavy atom. The number of aromatic nitrogens is 1. The third-order valence-electron chi connectivity index (χ3n) is 5.38. The smallest absolute Gasteiger partial charge is 0.338 e. The van der Waals surface area contributed by atoms with E-state index >= 15 is 0 Å². The van der Waals surface area contributed by atoms with Crippen LogP contribution in [-0.2, 0) is 9.53 Å². The van der Waals surface area contributed by atoms with Crippen molar-refractivity contribution in [2.75, 3.05) is 6.61 Å². The lowest BCUT2D eigenvalue weighted by Crippen LogP contribution is -2.40. The van der Waals surface area contributed by atoms with E-state index in [1.165, 1.54) is 39.4 Å². The number of carbonyl (C=O) groups is 1. The molecule has 0 saturated carbocycles. The zero-order valence-electron chi connectivity index (χ0n) is 18.1. The molecule has 0 radical (unpaired) electrons. The lowest BCUT2D eigenvalue weighted by Gasteiger charge is -2.25. The molecule has 0 bridgehead atoms. The Hall–Kier alpha value is -3.62. The molecule has 34 heavy (non-hydrogen) atoms. The zero-order valence-corrected chi connectivity index (χ0v) is 19.7. The second-order valence-corrected chi connectivity index (χ2v) is 9.49. The van der Waals surface area contributed by atoms with E-state index in [2.05, 4.69) is 0 Å². The second-order valence-electron chi connectivity index (χ2n) is 7.50. The van der Waals surface area contributed by atoms with Crippen LogP contribution in [-0.4, -0.2) is 17.1 Å². The first-order chi connectivity index (χ1) is 16.6. The number of thiazole rings is 1. The van der Waals surface area contributed by atoms with Crippen molar-refractivity contribution in [3.8, 4) is 0 Å². The lowest BCUT2D eigenvalue weighted by atomic mass is 9.93. The van der Waals surface area contributed by atoms with Crippen LogP contribution >= 0.6 is 22.7 Å². The number of carbonyl (C=O) groups excluding carboxylic acids is 1. The molecule has 2 aromatic carbocycles. The van der Waals surface area contributed by atoms with Gasteiger partial charge in [0.15, 0.2) is 4.80 Å². The van der Waals surface area contributed by atoms with Crippen LogP contribution in [0.15, 0.2) is 87.5 Å². The Morgan fingerprint density at radius 1 is 1.12 bits per heavy atom. The van der Waals surface area contributed by atoms with Crippen LogP contribution in [0.25, 0.3) is 11.8 Å². The average Bonchev–Trinajstić information content (AvgIpc) is 3.47. The summed E-state index contributed by atoms with van der Waals surface area (Å²) in [6.45, 7) is 1.90. The minimum absolute atomic E-state index is 0.170. The summed E-state index contributed by atoms with van der Waals surface area (Å²) in [4.78, 5) is 33.1. The third kappa shape index (κ3) is 4.06. The van der Waals surface area contributed by atoms with Gasteiger partial charge < -0.3 is 4.74 Å². The second kappa shape index (κ2) is 9.32. The summed E-state index contributed by atoms with van der Waals surface area (Å²) < 4.78 is 21.2. The minimum atomic E-state index is -0.809. The molecule has 5 nitrogen and oxygen atoms in total. The SMILES string of the molecule is CCOC(=O)C1=C(c2ccccc2)N=c2s/c(=C\c3cccs3)c(=O)n2C1c1ccc(F)cc1. The van der Waals surface area contributed by atoms with E-state index in [1.807, 2.05) is 53.9 Å². The van der Waals surface area contributed by atoms with Crippen LogP contribution in [0, 0.1) is 5.82 Å². The fourth-order valence-corrected chi connectivity index (χ4v) is 5.63. The van der Waals surface area contributed by atoms with Crippen molar-refractivity contribution in [1.29, 1.82) is 0 Å². The van der Waals surface area contributed by atoms with Gasteiger partial charge in [-0.05, 0) is 42.1 Å². The number of rotatable bonds is 5. The van der Waals surface area contributed by atoms with Gasteiger partial charge in [-0.15, -0.1) is 11.3 Å². The average molecular weight is 491 g/mol. The highest BCUT2D eigenvalue weighted by molar-refractivity contribution is 7.11. The third-order valence-corrected chi connectivity index (χ3v) is 7.18. The van der Waals surface area contributed by atoms with Crippen molar-refractivity contribution in [3.63, 3.8) is 0 Å². The number of hydrogen-bond acceptors (Lipinski definition) is 6. The van der Waals surface area contributed by atoms with Gasteiger partial charge in [-0.3, -0.25) is 9.36 Å². The molecule has 4 aromatic rings. The summed E-state index contributed by atoms with van der Waals surface area (Å²) >= 11 is 2.79. The molecule has 3 heterocycles. The van der Waals surface area contributed by atoms with Gasteiger partial charge in [-0.2, -0.15) is 0 Å². The highest BCUT2D eigenvalue weighted by Gasteiger charge is 2.35. The largest absolute Gasteiger partial charge is 0.463 e.